The maximum absolute atomic E-state index is 12.9. The highest BCUT2D eigenvalue weighted by Crippen LogP contribution is 2.38. The van der Waals surface area contributed by atoms with Gasteiger partial charge < -0.3 is 24.8 Å². The molecule has 0 radical (unpaired) electrons. The van der Waals surface area contributed by atoms with E-state index in [1.165, 1.54) is 16.2 Å². The van der Waals surface area contributed by atoms with Crippen LogP contribution in [0.5, 0.6) is 11.5 Å². The summed E-state index contributed by atoms with van der Waals surface area (Å²) in [5.41, 5.74) is 2.70. The Morgan fingerprint density at radius 3 is 2.76 bits per heavy atom. The van der Waals surface area contributed by atoms with Gasteiger partial charge in [-0.1, -0.05) is 12.1 Å². The standard InChI is InChI=1S/C25H32N2O5S/c1-4-8-17-11-12-19(20(15-17)31-3)32-16-22(28)27-25-23(24(29)26-13-7-14-30-2)18-9-5-6-10-21(18)33-25/h4,11-12,15H,1,5-10,13-14,16H2,2-3H3,(H,26,29)(H,27,28). The summed E-state index contributed by atoms with van der Waals surface area (Å²) in [5.74, 6) is 0.576. The smallest absolute Gasteiger partial charge is 0.262 e. The summed E-state index contributed by atoms with van der Waals surface area (Å²) in [5, 5.41) is 6.45. The van der Waals surface area contributed by atoms with Crippen LogP contribution < -0.4 is 20.1 Å². The minimum Gasteiger partial charge on any atom is -0.493 e. The van der Waals surface area contributed by atoms with Crippen molar-refractivity contribution < 1.29 is 23.8 Å². The Morgan fingerprint density at radius 2 is 2.00 bits per heavy atom. The van der Waals surface area contributed by atoms with Crippen molar-refractivity contribution in [1.29, 1.82) is 0 Å². The van der Waals surface area contributed by atoms with Crippen LogP contribution in [0.1, 0.15) is 45.6 Å². The van der Waals surface area contributed by atoms with Crippen molar-refractivity contribution in [2.75, 3.05) is 39.3 Å². The third-order valence-electron chi connectivity index (χ3n) is 5.43. The summed E-state index contributed by atoms with van der Waals surface area (Å²) in [4.78, 5) is 26.8. The highest BCUT2D eigenvalue weighted by molar-refractivity contribution is 7.17. The van der Waals surface area contributed by atoms with Crippen LogP contribution in [0.2, 0.25) is 0 Å². The number of allylic oxidation sites excluding steroid dienone is 1. The first kappa shape index (κ1) is 24.8. The molecular formula is C25H32N2O5S. The van der Waals surface area contributed by atoms with Crippen molar-refractivity contribution in [3.63, 3.8) is 0 Å². The molecule has 2 N–H and O–H groups in total. The fourth-order valence-corrected chi connectivity index (χ4v) is 5.13. The van der Waals surface area contributed by atoms with Crippen LogP contribution in [0.4, 0.5) is 5.00 Å². The van der Waals surface area contributed by atoms with Gasteiger partial charge >= 0.3 is 0 Å². The van der Waals surface area contributed by atoms with E-state index in [4.69, 9.17) is 14.2 Å². The quantitative estimate of drug-likeness (QED) is 0.358. The van der Waals surface area contributed by atoms with Crippen molar-refractivity contribution >= 4 is 28.2 Å². The van der Waals surface area contributed by atoms with Crippen molar-refractivity contribution in [1.82, 2.24) is 5.32 Å². The summed E-state index contributed by atoms with van der Waals surface area (Å²) in [7, 11) is 3.20. The lowest BCUT2D eigenvalue weighted by Crippen LogP contribution is -2.28. The van der Waals surface area contributed by atoms with Crippen molar-refractivity contribution in [2.45, 2.75) is 38.5 Å². The van der Waals surface area contributed by atoms with Gasteiger partial charge in [0.25, 0.3) is 11.8 Å². The Balaban J connectivity index is 1.68. The molecule has 1 aliphatic carbocycles. The Kier molecular flexibility index (Phi) is 9.33. The lowest BCUT2D eigenvalue weighted by Gasteiger charge is -2.14. The first-order valence-electron chi connectivity index (χ1n) is 11.2. The van der Waals surface area contributed by atoms with E-state index in [0.717, 1.165) is 49.7 Å². The summed E-state index contributed by atoms with van der Waals surface area (Å²) < 4.78 is 16.2. The van der Waals surface area contributed by atoms with Crippen molar-refractivity contribution in [2.24, 2.45) is 0 Å². The minimum absolute atomic E-state index is 0.152. The Hall–Kier alpha value is -2.84. The van der Waals surface area contributed by atoms with Gasteiger partial charge in [-0.05, 0) is 61.8 Å². The summed E-state index contributed by atoms with van der Waals surface area (Å²) in [6.07, 6.45) is 7.20. The van der Waals surface area contributed by atoms with E-state index in [0.29, 0.717) is 35.2 Å². The molecule has 0 aliphatic heterocycles. The molecule has 178 valence electrons. The van der Waals surface area contributed by atoms with Gasteiger partial charge in [0.2, 0.25) is 0 Å². The molecule has 8 heteroatoms. The molecule has 0 fully saturated rings. The zero-order chi connectivity index (χ0) is 23.6. The van der Waals surface area contributed by atoms with Gasteiger partial charge in [-0.3, -0.25) is 9.59 Å². The number of ether oxygens (including phenoxy) is 3. The molecule has 0 saturated carbocycles. The van der Waals surface area contributed by atoms with Crippen LogP contribution in [0, 0.1) is 0 Å². The minimum atomic E-state index is -0.320. The number of hydrogen-bond donors (Lipinski definition) is 2. The number of hydrogen-bond acceptors (Lipinski definition) is 6. The third kappa shape index (κ3) is 6.58. The fourth-order valence-electron chi connectivity index (χ4n) is 3.83. The lowest BCUT2D eigenvalue weighted by molar-refractivity contribution is -0.118. The number of benzene rings is 1. The second kappa shape index (κ2) is 12.4. The van der Waals surface area contributed by atoms with Crippen LogP contribution in [0.15, 0.2) is 30.9 Å². The number of carbonyl (C=O) groups excluding carboxylic acids is 2. The average Bonchev–Trinajstić information content (AvgIpc) is 3.18. The molecule has 0 bridgehead atoms. The van der Waals surface area contributed by atoms with Gasteiger partial charge in [-0.2, -0.15) is 0 Å². The monoisotopic (exact) mass is 472 g/mol. The maximum atomic E-state index is 12.9. The average molecular weight is 473 g/mol. The molecule has 2 aromatic rings. The predicted molar refractivity (Wildman–Crippen MR) is 131 cm³/mol. The zero-order valence-corrected chi connectivity index (χ0v) is 20.1. The number of amides is 2. The van der Waals surface area contributed by atoms with Gasteiger partial charge in [0.1, 0.15) is 5.00 Å². The molecule has 0 unspecified atom stereocenters. The number of rotatable bonds is 12. The predicted octanol–water partition coefficient (Wildman–Crippen LogP) is 4.15. The summed E-state index contributed by atoms with van der Waals surface area (Å²) in [6, 6.07) is 5.57. The van der Waals surface area contributed by atoms with E-state index in [1.54, 1.807) is 20.3 Å². The van der Waals surface area contributed by atoms with Crippen LogP contribution in [-0.4, -0.2) is 45.8 Å². The molecule has 7 nitrogen and oxygen atoms in total. The largest absolute Gasteiger partial charge is 0.493 e. The van der Waals surface area contributed by atoms with E-state index in [-0.39, 0.29) is 18.4 Å². The van der Waals surface area contributed by atoms with Crippen molar-refractivity contribution in [3.8, 4) is 11.5 Å². The highest BCUT2D eigenvalue weighted by atomic mass is 32.1. The van der Waals surface area contributed by atoms with Crippen LogP contribution in [0.25, 0.3) is 0 Å². The van der Waals surface area contributed by atoms with E-state index in [1.807, 2.05) is 18.2 Å². The number of thiophene rings is 1. The third-order valence-corrected chi connectivity index (χ3v) is 6.64. The second-order valence-corrected chi connectivity index (χ2v) is 8.94. The molecule has 3 rings (SSSR count). The normalized spacial score (nSPS) is 12.5. The lowest BCUT2D eigenvalue weighted by atomic mass is 9.95. The molecular weight excluding hydrogens is 440 g/mol. The molecule has 1 heterocycles. The number of carbonyl (C=O) groups is 2. The van der Waals surface area contributed by atoms with E-state index in [9.17, 15) is 9.59 Å². The summed E-state index contributed by atoms with van der Waals surface area (Å²) in [6.45, 7) is 4.66. The first-order valence-corrected chi connectivity index (χ1v) is 12.0. The Labute approximate surface area is 199 Å². The molecule has 0 saturated heterocycles. The fraction of sp³-hybridized carbons (Fsp3) is 0.440. The molecule has 0 atom stereocenters. The highest BCUT2D eigenvalue weighted by Gasteiger charge is 2.26. The molecule has 1 aliphatic rings. The SMILES string of the molecule is C=CCc1ccc(OCC(=O)Nc2sc3c(c2C(=O)NCCCOC)CCCC3)c(OC)c1. The van der Waals surface area contributed by atoms with E-state index < -0.39 is 0 Å². The Morgan fingerprint density at radius 1 is 1.18 bits per heavy atom. The van der Waals surface area contributed by atoms with Crippen LogP contribution in [0.3, 0.4) is 0 Å². The van der Waals surface area contributed by atoms with Gasteiger partial charge in [-0.25, -0.2) is 0 Å². The molecule has 33 heavy (non-hydrogen) atoms. The number of nitrogens with one attached hydrogen (secondary N) is 2. The van der Waals surface area contributed by atoms with Gasteiger partial charge in [0, 0.05) is 25.1 Å². The second-order valence-electron chi connectivity index (χ2n) is 7.83. The number of anilines is 1. The van der Waals surface area contributed by atoms with Gasteiger partial charge in [0.05, 0.1) is 12.7 Å². The van der Waals surface area contributed by atoms with Gasteiger partial charge in [0.15, 0.2) is 18.1 Å². The van der Waals surface area contributed by atoms with Crippen LogP contribution >= 0.6 is 11.3 Å². The summed E-state index contributed by atoms with van der Waals surface area (Å²) >= 11 is 1.49. The Bertz CT molecular complexity index is 985. The molecule has 0 spiro atoms. The zero-order valence-electron chi connectivity index (χ0n) is 19.3. The topological polar surface area (TPSA) is 85.9 Å². The van der Waals surface area contributed by atoms with Crippen LogP contribution in [-0.2, 0) is 28.8 Å². The number of fused-ring (bicyclic) bond motifs is 1. The molecule has 2 amide bonds. The molecule has 1 aromatic heterocycles. The van der Waals surface area contributed by atoms with E-state index in [2.05, 4.69) is 17.2 Å². The number of aryl methyl sites for hydroxylation is 1. The number of methoxy groups -OCH3 is 2. The van der Waals surface area contributed by atoms with Gasteiger partial charge in [-0.15, -0.1) is 17.9 Å². The molecule has 1 aromatic carbocycles. The van der Waals surface area contributed by atoms with Crippen molar-refractivity contribution in [3.05, 3.63) is 52.4 Å². The maximum Gasteiger partial charge on any atom is 0.262 e. The first-order chi connectivity index (χ1) is 16.1. The van der Waals surface area contributed by atoms with E-state index >= 15 is 0 Å².